The van der Waals surface area contributed by atoms with Crippen LogP contribution < -0.4 is 4.90 Å². The van der Waals surface area contributed by atoms with E-state index in [0.29, 0.717) is 45.0 Å². The fourth-order valence-corrected chi connectivity index (χ4v) is 7.93. The number of para-hydroxylation sites is 1. The van der Waals surface area contributed by atoms with Crippen LogP contribution in [-0.2, 0) is 23.9 Å². The monoisotopic (exact) mass is 630 g/mol. The number of benzene rings is 1. The molecule has 1 spiro atoms. The number of aliphatic hydroxyl groups is 1. The molecule has 1 aromatic rings. The number of amides is 3. The highest BCUT2D eigenvalue weighted by Crippen LogP contribution is 2.60. The first-order valence-electron chi connectivity index (χ1n) is 14.3. The van der Waals surface area contributed by atoms with Gasteiger partial charge in [0.05, 0.1) is 37.8 Å². The molecule has 0 radical (unpaired) electrons. The van der Waals surface area contributed by atoms with Gasteiger partial charge in [0.2, 0.25) is 17.7 Å². The van der Waals surface area contributed by atoms with Crippen molar-refractivity contribution in [3.8, 4) is 0 Å². The number of alkyl halides is 1. The van der Waals surface area contributed by atoms with Crippen molar-refractivity contribution in [1.29, 1.82) is 0 Å². The first kappa shape index (κ1) is 29.9. The van der Waals surface area contributed by atoms with Gasteiger partial charge in [-0.05, 0) is 18.6 Å². The van der Waals surface area contributed by atoms with Gasteiger partial charge in [0.15, 0.2) is 0 Å². The SMILES string of the molecule is C=CCN(CCN1CCOCC1)C(=O)C1N(CCO)C(=O)[C@@H]2[C@H](C(=O)N(CC=C)c3ccccc3)[C@H]3OC12CC3Br. The second kappa shape index (κ2) is 12.7. The minimum atomic E-state index is -1.18. The van der Waals surface area contributed by atoms with Crippen molar-refractivity contribution in [1.82, 2.24) is 14.7 Å². The van der Waals surface area contributed by atoms with E-state index in [2.05, 4.69) is 34.0 Å². The Morgan fingerprint density at radius 2 is 1.80 bits per heavy atom. The Hall–Kier alpha value is -2.57. The van der Waals surface area contributed by atoms with E-state index in [4.69, 9.17) is 9.47 Å². The summed E-state index contributed by atoms with van der Waals surface area (Å²) in [5, 5.41) is 9.93. The van der Waals surface area contributed by atoms with Crippen molar-refractivity contribution in [3.63, 3.8) is 0 Å². The van der Waals surface area contributed by atoms with E-state index in [-0.39, 0.29) is 42.2 Å². The average Bonchev–Trinajstić information content (AvgIpc) is 3.58. The zero-order valence-corrected chi connectivity index (χ0v) is 24.9. The van der Waals surface area contributed by atoms with Crippen LogP contribution in [0.15, 0.2) is 55.6 Å². The van der Waals surface area contributed by atoms with Crippen molar-refractivity contribution in [3.05, 3.63) is 55.6 Å². The lowest BCUT2D eigenvalue weighted by molar-refractivity contribution is -0.148. The first-order chi connectivity index (χ1) is 19.9. The summed E-state index contributed by atoms with van der Waals surface area (Å²) in [6.45, 7) is 12.0. The molecule has 1 N–H and O–H groups in total. The van der Waals surface area contributed by atoms with E-state index >= 15 is 0 Å². The van der Waals surface area contributed by atoms with Gasteiger partial charge in [0.25, 0.3) is 0 Å². The topological polar surface area (TPSA) is 103 Å². The normalized spacial score (nSPS) is 30.7. The molecule has 5 rings (SSSR count). The number of hydrogen-bond acceptors (Lipinski definition) is 7. The van der Waals surface area contributed by atoms with E-state index in [9.17, 15) is 19.5 Å². The van der Waals surface area contributed by atoms with Gasteiger partial charge >= 0.3 is 0 Å². The van der Waals surface area contributed by atoms with E-state index < -0.39 is 29.6 Å². The summed E-state index contributed by atoms with van der Waals surface area (Å²) < 4.78 is 12.1. The molecule has 10 nitrogen and oxygen atoms in total. The van der Waals surface area contributed by atoms with E-state index in [1.807, 2.05) is 30.3 Å². The van der Waals surface area contributed by atoms with E-state index in [1.54, 1.807) is 22.0 Å². The summed E-state index contributed by atoms with van der Waals surface area (Å²) in [5.74, 6) is -2.44. The molecule has 0 aliphatic carbocycles. The predicted octanol–water partition coefficient (Wildman–Crippen LogP) is 1.29. The zero-order chi connectivity index (χ0) is 29.1. The number of β-amino-alcohol motifs (C(OH)–C–C–N with tert-alkyl or cyclic N) is 1. The maximum atomic E-state index is 14.4. The maximum absolute atomic E-state index is 14.4. The van der Waals surface area contributed by atoms with Gasteiger partial charge in [-0.1, -0.05) is 46.3 Å². The third-order valence-corrected chi connectivity index (χ3v) is 9.59. The molecule has 4 aliphatic rings. The van der Waals surface area contributed by atoms with Crippen LogP contribution in [0.4, 0.5) is 5.69 Å². The van der Waals surface area contributed by atoms with Crippen LogP contribution >= 0.6 is 15.9 Å². The molecular formula is C30H39BrN4O6. The summed E-state index contributed by atoms with van der Waals surface area (Å²) in [6.07, 6.45) is 3.18. The number of nitrogens with zero attached hydrogens (tertiary/aromatic N) is 4. The predicted molar refractivity (Wildman–Crippen MR) is 158 cm³/mol. The minimum absolute atomic E-state index is 0.0180. The van der Waals surface area contributed by atoms with Crippen LogP contribution in [0, 0.1) is 11.8 Å². The first-order valence-corrected chi connectivity index (χ1v) is 15.2. The molecule has 4 fully saturated rings. The van der Waals surface area contributed by atoms with Gasteiger partial charge in [-0.2, -0.15) is 0 Å². The lowest BCUT2D eigenvalue weighted by atomic mass is 9.70. The number of halogens is 1. The van der Waals surface area contributed by atoms with Crippen LogP contribution in [0.5, 0.6) is 0 Å². The molecule has 3 amide bonds. The van der Waals surface area contributed by atoms with Gasteiger partial charge in [-0.3, -0.25) is 19.3 Å². The molecule has 3 unspecified atom stereocenters. The molecule has 4 saturated heterocycles. The Kier molecular flexibility index (Phi) is 9.30. The summed E-state index contributed by atoms with van der Waals surface area (Å²) in [6, 6.07) is 8.33. The Labute approximate surface area is 249 Å². The smallest absolute Gasteiger partial charge is 0.248 e. The lowest BCUT2D eigenvalue weighted by Crippen LogP contribution is -2.58. The standard InChI is InChI=1S/C30H39BrN4O6/c1-3-10-33(13-12-32-15-18-40-19-16-32)29(39)26-30-20-22(31)25(41-30)23(24(30)28(38)35(26)14-17-36)27(37)34(11-4-2)21-8-6-5-7-9-21/h3-9,22-26,36H,1-2,10-20H2/t22?,23-,24-,25-,26?,30?/m0/s1. The molecule has 4 heterocycles. The summed E-state index contributed by atoms with van der Waals surface area (Å²) >= 11 is 3.73. The number of carbonyl (C=O) groups excluding carboxylic acids is 3. The minimum Gasteiger partial charge on any atom is -0.395 e. The summed E-state index contributed by atoms with van der Waals surface area (Å²) in [4.78, 5) is 49.5. The van der Waals surface area contributed by atoms with Gasteiger partial charge < -0.3 is 29.3 Å². The van der Waals surface area contributed by atoms with Crippen LogP contribution in [0.3, 0.4) is 0 Å². The van der Waals surface area contributed by atoms with Crippen molar-refractivity contribution in [2.45, 2.75) is 29.0 Å². The molecule has 0 aromatic heterocycles. The van der Waals surface area contributed by atoms with E-state index in [1.165, 1.54) is 4.90 Å². The quantitative estimate of drug-likeness (QED) is 0.274. The third kappa shape index (κ3) is 5.38. The highest BCUT2D eigenvalue weighted by atomic mass is 79.9. The molecule has 1 aromatic carbocycles. The number of anilines is 1. The number of ether oxygens (including phenoxy) is 2. The number of morpholine rings is 1. The Balaban J connectivity index is 1.47. The van der Waals surface area contributed by atoms with E-state index in [0.717, 1.165) is 13.1 Å². The average molecular weight is 632 g/mol. The number of carbonyl (C=O) groups is 3. The third-order valence-electron chi connectivity index (χ3n) is 8.75. The van der Waals surface area contributed by atoms with Gasteiger partial charge in [0, 0.05) is 56.3 Å². The summed E-state index contributed by atoms with van der Waals surface area (Å²) in [5.41, 5.74) is -0.483. The fraction of sp³-hybridized carbons (Fsp3) is 0.567. The number of likely N-dealkylation sites (tertiary alicyclic amines) is 1. The van der Waals surface area contributed by atoms with Crippen molar-refractivity contribution >= 4 is 39.3 Å². The summed E-state index contributed by atoms with van der Waals surface area (Å²) in [7, 11) is 0. The number of aliphatic hydroxyl groups excluding tert-OH is 1. The highest BCUT2D eigenvalue weighted by Gasteiger charge is 2.76. The van der Waals surface area contributed by atoms with Crippen molar-refractivity contribution < 1.29 is 29.0 Å². The van der Waals surface area contributed by atoms with Crippen molar-refractivity contribution in [2.75, 3.05) is 70.5 Å². The molecule has 41 heavy (non-hydrogen) atoms. The number of hydrogen-bond donors (Lipinski definition) is 1. The second-order valence-corrected chi connectivity index (χ2v) is 12.2. The van der Waals surface area contributed by atoms with Gasteiger partial charge in [-0.15, -0.1) is 13.2 Å². The zero-order valence-electron chi connectivity index (χ0n) is 23.3. The molecule has 4 aliphatic heterocycles. The molecule has 0 saturated carbocycles. The second-order valence-electron chi connectivity index (χ2n) is 11.0. The molecule has 2 bridgehead atoms. The van der Waals surface area contributed by atoms with Crippen LogP contribution in [0.25, 0.3) is 0 Å². The maximum Gasteiger partial charge on any atom is 0.248 e. The Bertz CT molecular complexity index is 1150. The highest BCUT2D eigenvalue weighted by molar-refractivity contribution is 9.09. The molecule has 11 heteroatoms. The van der Waals surface area contributed by atoms with Gasteiger partial charge in [-0.25, -0.2) is 0 Å². The van der Waals surface area contributed by atoms with Crippen LogP contribution in [0.1, 0.15) is 6.42 Å². The van der Waals surface area contributed by atoms with Crippen LogP contribution in [0.2, 0.25) is 0 Å². The molecular weight excluding hydrogens is 592 g/mol. The Morgan fingerprint density at radius 1 is 1.10 bits per heavy atom. The molecule has 222 valence electrons. The van der Waals surface area contributed by atoms with Crippen LogP contribution in [-0.4, -0.2) is 126 Å². The van der Waals surface area contributed by atoms with Crippen molar-refractivity contribution in [2.24, 2.45) is 11.8 Å². The Morgan fingerprint density at radius 3 is 2.46 bits per heavy atom. The lowest BCUT2D eigenvalue weighted by Gasteiger charge is -2.38. The fourth-order valence-electron chi connectivity index (χ4n) is 6.99. The number of rotatable bonds is 12. The number of fused-ring (bicyclic) bond motifs is 1. The largest absolute Gasteiger partial charge is 0.395 e. The van der Waals surface area contributed by atoms with Gasteiger partial charge in [0.1, 0.15) is 11.6 Å². The molecule has 6 atom stereocenters.